The van der Waals surface area contributed by atoms with Gasteiger partial charge in [0.05, 0.1) is 18.1 Å². The number of hydrogen-bond donors (Lipinski definition) is 2. The zero-order chi connectivity index (χ0) is 21.7. The molecule has 0 saturated heterocycles. The molecule has 0 amide bonds. The molecular weight excluding hydrogens is 402 g/mol. The van der Waals surface area contributed by atoms with Gasteiger partial charge in [-0.05, 0) is 24.1 Å². The maximum atomic E-state index is 15.4. The molecule has 0 aliphatic carbocycles. The van der Waals surface area contributed by atoms with Crippen molar-refractivity contribution in [2.45, 2.75) is 32.4 Å². The Bertz CT molecular complexity index is 1290. The quantitative estimate of drug-likeness (QED) is 0.418. The molecule has 0 aliphatic rings. The molecule has 0 saturated carbocycles. The van der Waals surface area contributed by atoms with Gasteiger partial charge in [-0.2, -0.15) is 5.10 Å². The lowest BCUT2D eigenvalue weighted by atomic mass is 9.97. The third kappa shape index (κ3) is 3.01. The molecule has 5 nitrogen and oxygen atoms in total. The zero-order valence-corrected chi connectivity index (χ0v) is 16.0. The van der Waals surface area contributed by atoms with Gasteiger partial charge in [0.2, 0.25) is 0 Å². The van der Waals surface area contributed by atoms with Crippen molar-refractivity contribution in [3.05, 3.63) is 59.2 Å². The van der Waals surface area contributed by atoms with E-state index in [1.54, 1.807) is 19.9 Å². The van der Waals surface area contributed by atoms with Crippen LogP contribution in [0.1, 0.15) is 43.6 Å². The van der Waals surface area contributed by atoms with Crippen LogP contribution >= 0.6 is 0 Å². The first-order valence-electron chi connectivity index (χ1n) is 9.21. The standard InChI is InChI=1S/C21H17F4N3O2/c1-9(2)21-17(14(24)7-16(29)30)18-15(5-10-8-26-27-20(10)19(18)25)28(21)11-3-4-12(22)13(23)6-11/h3-6,8-9,14H,7H2,1-2H3,(H,26,27)(H,29,30)/t14-/m1/s1. The number of aromatic nitrogens is 3. The Balaban J connectivity index is 2.18. The number of nitrogens with one attached hydrogen (secondary N) is 1. The molecule has 0 bridgehead atoms. The van der Waals surface area contributed by atoms with Crippen LogP contribution in [-0.4, -0.2) is 25.8 Å². The Morgan fingerprint density at radius 1 is 1.20 bits per heavy atom. The maximum Gasteiger partial charge on any atom is 0.306 e. The molecule has 0 spiro atoms. The lowest BCUT2D eigenvalue weighted by Gasteiger charge is -2.17. The van der Waals surface area contributed by atoms with Gasteiger partial charge in [-0.15, -0.1) is 0 Å². The van der Waals surface area contributed by atoms with Crippen LogP contribution in [0.5, 0.6) is 0 Å². The van der Waals surface area contributed by atoms with Crippen LogP contribution < -0.4 is 0 Å². The van der Waals surface area contributed by atoms with E-state index in [2.05, 4.69) is 10.2 Å². The first-order chi connectivity index (χ1) is 14.2. The Morgan fingerprint density at radius 2 is 1.93 bits per heavy atom. The molecule has 1 atom stereocenters. The second-order valence-electron chi connectivity index (χ2n) is 7.37. The number of benzene rings is 2. The minimum absolute atomic E-state index is 0.0454. The molecule has 30 heavy (non-hydrogen) atoms. The van der Waals surface area contributed by atoms with Crippen LogP contribution in [-0.2, 0) is 4.79 Å². The third-order valence-corrected chi connectivity index (χ3v) is 5.06. The molecule has 4 aromatic rings. The summed E-state index contributed by atoms with van der Waals surface area (Å²) >= 11 is 0. The van der Waals surface area contributed by atoms with Crippen LogP contribution in [0, 0.1) is 17.5 Å². The molecule has 0 aliphatic heterocycles. The lowest BCUT2D eigenvalue weighted by Crippen LogP contribution is -2.08. The van der Waals surface area contributed by atoms with E-state index in [-0.39, 0.29) is 39.3 Å². The van der Waals surface area contributed by atoms with Crippen LogP contribution in [0.3, 0.4) is 0 Å². The van der Waals surface area contributed by atoms with Gasteiger partial charge in [0.15, 0.2) is 17.5 Å². The molecule has 0 fully saturated rings. The Kier molecular flexibility index (Phi) is 4.76. The smallest absolute Gasteiger partial charge is 0.306 e. The van der Waals surface area contributed by atoms with E-state index < -0.39 is 36.0 Å². The number of hydrogen-bond acceptors (Lipinski definition) is 2. The van der Waals surface area contributed by atoms with E-state index in [9.17, 15) is 13.6 Å². The van der Waals surface area contributed by atoms with Gasteiger partial charge in [-0.3, -0.25) is 9.89 Å². The first-order valence-corrected chi connectivity index (χ1v) is 9.21. The van der Waals surface area contributed by atoms with Crippen molar-refractivity contribution in [2.24, 2.45) is 0 Å². The van der Waals surface area contributed by atoms with Crippen molar-refractivity contribution >= 4 is 27.8 Å². The number of aromatic amines is 1. The van der Waals surface area contributed by atoms with Gasteiger partial charge in [0, 0.05) is 33.8 Å². The molecule has 2 aromatic heterocycles. The zero-order valence-electron chi connectivity index (χ0n) is 16.0. The summed E-state index contributed by atoms with van der Waals surface area (Å²) in [4.78, 5) is 11.2. The Hall–Kier alpha value is -3.36. The highest BCUT2D eigenvalue weighted by Gasteiger charge is 2.31. The summed E-state index contributed by atoms with van der Waals surface area (Å²) in [6.45, 7) is 3.46. The fourth-order valence-electron chi connectivity index (χ4n) is 3.89. The number of carbonyl (C=O) groups is 1. The molecule has 9 heteroatoms. The summed E-state index contributed by atoms with van der Waals surface area (Å²) in [6, 6.07) is 4.72. The van der Waals surface area contributed by atoms with E-state index >= 15 is 8.78 Å². The molecule has 2 heterocycles. The third-order valence-electron chi connectivity index (χ3n) is 5.06. The van der Waals surface area contributed by atoms with E-state index in [1.807, 2.05) is 0 Å². The van der Waals surface area contributed by atoms with Crippen molar-refractivity contribution in [1.29, 1.82) is 0 Å². The van der Waals surface area contributed by atoms with Crippen molar-refractivity contribution < 1.29 is 27.5 Å². The Morgan fingerprint density at radius 3 is 2.57 bits per heavy atom. The van der Waals surface area contributed by atoms with E-state index in [1.165, 1.54) is 16.8 Å². The van der Waals surface area contributed by atoms with Gasteiger partial charge < -0.3 is 9.67 Å². The molecule has 4 rings (SSSR count). The number of halogens is 4. The van der Waals surface area contributed by atoms with Crippen molar-refractivity contribution in [3.63, 3.8) is 0 Å². The molecule has 2 N–H and O–H groups in total. The lowest BCUT2D eigenvalue weighted by molar-refractivity contribution is -0.138. The number of alkyl halides is 1. The summed E-state index contributed by atoms with van der Waals surface area (Å²) in [7, 11) is 0. The van der Waals surface area contributed by atoms with Gasteiger partial charge >= 0.3 is 5.97 Å². The molecule has 2 aromatic carbocycles. The highest BCUT2D eigenvalue weighted by molar-refractivity contribution is 6.00. The molecule has 156 valence electrons. The number of nitrogens with zero attached hydrogens (tertiary/aromatic N) is 2. The summed E-state index contributed by atoms with van der Waals surface area (Å²) in [5, 5.41) is 15.7. The number of aliphatic carboxylic acids is 1. The molecule has 0 unspecified atom stereocenters. The predicted octanol–water partition coefficient (Wildman–Crippen LogP) is 5.53. The average molecular weight is 419 g/mol. The number of H-pyrrole nitrogens is 1. The van der Waals surface area contributed by atoms with Crippen molar-refractivity contribution in [3.8, 4) is 5.69 Å². The first kappa shape index (κ1) is 19.9. The van der Waals surface area contributed by atoms with Gasteiger partial charge in [0.25, 0.3) is 0 Å². The number of carboxylic acid groups (broad SMARTS) is 1. The van der Waals surface area contributed by atoms with Crippen molar-refractivity contribution in [2.75, 3.05) is 0 Å². The van der Waals surface area contributed by atoms with Gasteiger partial charge in [-0.1, -0.05) is 13.8 Å². The highest BCUT2D eigenvalue weighted by Crippen LogP contribution is 2.43. The second-order valence-corrected chi connectivity index (χ2v) is 7.37. The predicted molar refractivity (Wildman–Crippen MR) is 103 cm³/mol. The number of fused-ring (bicyclic) bond motifs is 2. The van der Waals surface area contributed by atoms with Gasteiger partial charge in [-0.25, -0.2) is 17.6 Å². The number of carboxylic acids is 1. The number of rotatable bonds is 5. The van der Waals surface area contributed by atoms with Gasteiger partial charge in [0.1, 0.15) is 11.7 Å². The second kappa shape index (κ2) is 7.16. The SMILES string of the molecule is CC(C)c1c([C@H](F)CC(=O)O)c2c(F)c3[nH]ncc3cc2n1-c1ccc(F)c(F)c1. The van der Waals surface area contributed by atoms with Crippen LogP contribution in [0.4, 0.5) is 17.6 Å². The topological polar surface area (TPSA) is 70.9 Å². The Labute approximate surface area is 167 Å². The average Bonchev–Trinajstić information content (AvgIpc) is 3.26. The summed E-state index contributed by atoms with van der Waals surface area (Å²) in [5.74, 6) is -4.72. The summed E-state index contributed by atoms with van der Waals surface area (Å²) < 4.78 is 59.6. The van der Waals surface area contributed by atoms with E-state index in [0.717, 1.165) is 12.1 Å². The molecular formula is C21H17F4N3O2. The van der Waals surface area contributed by atoms with Crippen LogP contribution in [0.2, 0.25) is 0 Å². The monoisotopic (exact) mass is 419 g/mol. The fraction of sp³-hybridized carbons (Fsp3) is 0.238. The highest BCUT2D eigenvalue weighted by atomic mass is 19.2. The molecule has 0 radical (unpaired) electrons. The van der Waals surface area contributed by atoms with Crippen molar-refractivity contribution in [1.82, 2.24) is 14.8 Å². The minimum atomic E-state index is -2.01. The summed E-state index contributed by atoms with van der Waals surface area (Å²) in [5.41, 5.74) is 0.576. The van der Waals surface area contributed by atoms with E-state index in [4.69, 9.17) is 5.11 Å². The van der Waals surface area contributed by atoms with Crippen LogP contribution in [0.15, 0.2) is 30.5 Å². The summed E-state index contributed by atoms with van der Waals surface area (Å²) in [6.07, 6.45) is -1.49. The maximum absolute atomic E-state index is 15.4. The normalized spacial score (nSPS) is 12.9. The largest absolute Gasteiger partial charge is 0.481 e. The minimum Gasteiger partial charge on any atom is -0.481 e. The van der Waals surface area contributed by atoms with Crippen LogP contribution in [0.25, 0.3) is 27.5 Å². The fourth-order valence-corrected chi connectivity index (χ4v) is 3.89. The van der Waals surface area contributed by atoms with E-state index in [0.29, 0.717) is 5.39 Å².